The van der Waals surface area contributed by atoms with E-state index in [0.29, 0.717) is 11.3 Å². The van der Waals surface area contributed by atoms with Crippen LogP contribution >= 0.6 is 0 Å². The summed E-state index contributed by atoms with van der Waals surface area (Å²) in [6.07, 6.45) is 1.60. The Bertz CT molecular complexity index is 258. The Labute approximate surface area is 58.9 Å². The normalized spacial score (nSPS) is 9.30. The summed E-state index contributed by atoms with van der Waals surface area (Å²) >= 11 is 0. The minimum Gasteiger partial charge on any atom is -0.267 e. The number of nitrogens with one attached hydrogen (secondary N) is 1. The molecule has 0 aliphatic rings. The van der Waals surface area contributed by atoms with Gasteiger partial charge in [0.15, 0.2) is 0 Å². The SMILES string of the molecule is Cc1ncccc1C([NH])=O. The summed E-state index contributed by atoms with van der Waals surface area (Å²) in [6.45, 7) is 1.71. The lowest BCUT2D eigenvalue weighted by molar-refractivity contribution is 0.0991. The highest BCUT2D eigenvalue weighted by atomic mass is 16.1. The monoisotopic (exact) mass is 135 g/mol. The Balaban J connectivity index is 3.15. The highest BCUT2D eigenvalue weighted by Gasteiger charge is 2.03. The fourth-order valence-electron chi connectivity index (χ4n) is 0.724. The van der Waals surface area contributed by atoms with Crippen molar-refractivity contribution in [3.63, 3.8) is 0 Å². The molecule has 1 amide bonds. The highest BCUT2D eigenvalue weighted by molar-refractivity contribution is 5.93. The topological polar surface area (TPSA) is 53.8 Å². The quantitative estimate of drug-likeness (QED) is 0.572. The van der Waals surface area contributed by atoms with Gasteiger partial charge in [-0.25, -0.2) is 0 Å². The van der Waals surface area contributed by atoms with Crippen molar-refractivity contribution in [1.29, 1.82) is 0 Å². The maximum Gasteiger partial charge on any atom is 0.271 e. The average Bonchev–Trinajstić information content (AvgIpc) is 1.88. The molecule has 0 aliphatic heterocycles. The summed E-state index contributed by atoms with van der Waals surface area (Å²) in [5.41, 5.74) is 7.77. The van der Waals surface area contributed by atoms with Gasteiger partial charge in [-0.3, -0.25) is 15.5 Å². The summed E-state index contributed by atoms with van der Waals surface area (Å²) in [4.78, 5) is 14.4. The molecule has 1 aromatic rings. The largest absolute Gasteiger partial charge is 0.271 e. The van der Waals surface area contributed by atoms with Gasteiger partial charge in [0.2, 0.25) is 0 Å². The van der Waals surface area contributed by atoms with Crippen LogP contribution in [0.15, 0.2) is 18.3 Å². The van der Waals surface area contributed by atoms with Gasteiger partial charge < -0.3 is 0 Å². The maximum atomic E-state index is 10.5. The van der Waals surface area contributed by atoms with E-state index in [2.05, 4.69) is 4.98 Å². The molecule has 0 saturated heterocycles. The molecule has 0 aromatic carbocycles. The molecule has 0 aliphatic carbocycles. The van der Waals surface area contributed by atoms with E-state index >= 15 is 0 Å². The lowest BCUT2D eigenvalue weighted by Crippen LogP contribution is -2.02. The molecule has 0 fully saturated rings. The smallest absolute Gasteiger partial charge is 0.267 e. The lowest BCUT2D eigenvalue weighted by atomic mass is 10.2. The molecule has 1 radical (unpaired) electrons. The molecule has 0 unspecified atom stereocenters. The van der Waals surface area contributed by atoms with Crippen LogP contribution in [0.5, 0.6) is 0 Å². The number of rotatable bonds is 1. The van der Waals surface area contributed by atoms with Gasteiger partial charge in [0, 0.05) is 6.20 Å². The third-order valence-corrected chi connectivity index (χ3v) is 1.25. The van der Waals surface area contributed by atoms with Crippen molar-refractivity contribution < 1.29 is 4.79 Å². The first kappa shape index (κ1) is 6.74. The molecule has 3 nitrogen and oxygen atoms in total. The first-order valence-electron chi connectivity index (χ1n) is 2.89. The van der Waals surface area contributed by atoms with Gasteiger partial charge in [0.25, 0.3) is 5.91 Å². The zero-order valence-corrected chi connectivity index (χ0v) is 5.59. The molecule has 3 heteroatoms. The Morgan fingerprint density at radius 3 is 2.80 bits per heavy atom. The second-order valence-electron chi connectivity index (χ2n) is 1.97. The van der Waals surface area contributed by atoms with Crippen molar-refractivity contribution in [2.24, 2.45) is 0 Å². The second-order valence-corrected chi connectivity index (χ2v) is 1.97. The summed E-state index contributed by atoms with van der Waals surface area (Å²) in [6, 6.07) is 3.24. The van der Waals surface area contributed by atoms with Gasteiger partial charge in [0.05, 0.1) is 11.3 Å². The van der Waals surface area contributed by atoms with Crippen molar-refractivity contribution >= 4 is 5.91 Å². The molecular weight excluding hydrogens is 128 g/mol. The minimum absolute atomic E-state index is 0.377. The van der Waals surface area contributed by atoms with Crippen LogP contribution in [0.1, 0.15) is 16.1 Å². The van der Waals surface area contributed by atoms with Crippen LogP contribution in [0.25, 0.3) is 0 Å². The molecule has 1 heterocycles. The summed E-state index contributed by atoms with van der Waals surface area (Å²) in [5.74, 6) is -0.675. The first-order valence-corrected chi connectivity index (χ1v) is 2.89. The summed E-state index contributed by atoms with van der Waals surface area (Å²) in [7, 11) is 0. The van der Waals surface area contributed by atoms with E-state index in [1.54, 1.807) is 25.3 Å². The van der Waals surface area contributed by atoms with Crippen LogP contribution in [0.4, 0.5) is 0 Å². The molecule has 0 atom stereocenters. The van der Waals surface area contributed by atoms with E-state index < -0.39 is 5.91 Å². The van der Waals surface area contributed by atoms with E-state index in [9.17, 15) is 4.79 Å². The number of aromatic nitrogens is 1. The van der Waals surface area contributed by atoms with Gasteiger partial charge >= 0.3 is 0 Å². The lowest BCUT2D eigenvalue weighted by Gasteiger charge is -1.95. The average molecular weight is 135 g/mol. The zero-order valence-electron chi connectivity index (χ0n) is 5.59. The van der Waals surface area contributed by atoms with Gasteiger partial charge in [-0.1, -0.05) is 0 Å². The number of carbonyl (C=O) groups is 1. The van der Waals surface area contributed by atoms with Crippen LogP contribution in [0.3, 0.4) is 0 Å². The van der Waals surface area contributed by atoms with Crippen LogP contribution < -0.4 is 5.73 Å². The molecule has 10 heavy (non-hydrogen) atoms. The van der Waals surface area contributed by atoms with Crippen molar-refractivity contribution in [2.75, 3.05) is 0 Å². The Morgan fingerprint density at radius 2 is 2.40 bits per heavy atom. The van der Waals surface area contributed by atoms with Crippen LogP contribution in [0.2, 0.25) is 0 Å². The number of amides is 1. The van der Waals surface area contributed by atoms with Crippen molar-refractivity contribution in [3.8, 4) is 0 Å². The van der Waals surface area contributed by atoms with E-state index in [4.69, 9.17) is 5.73 Å². The van der Waals surface area contributed by atoms with Crippen molar-refractivity contribution in [3.05, 3.63) is 29.6 Å². The molecule has 1 aromatic heterocycles. The zero-order chi connectivity index (χ0) is 7.56. The van der Waals surface area contributed by atoms with Gasteiger partial charge in [-0.05, 0) is 19.1 Å². The molecule has 51 valence electrons. The number of pyridine rings is 1. The van der Waals surface area contributed by atoms with E-state index in [1.807, 2.05) is 0 Å². The Kier molecular flexibility index (Phi) is 1.67. The predicted octanol–water partition coefficient (Wildman–Crippen LogP) is 0.813. The van der Waals surface area contributed by atoms with Crippen molar-refractivity contribution in [1.82, 2.24) is 10.7 Å². The van der Waals surface area contributed by atoms with Crippen molar-refractivity contribution in [2.45, 2.75) is 6.92 Å². The fourth-order valence-corrected chi connectivity index (χ4v) is 0.724. The van der Waals surface area contributed by atoms with Gasteiger partial charge in [-0.2, -0.15) is 0 Å². The van der Waals surface area contributed by atoms with Gasteiger partial charge in [-0.15, -0.1) is 0 Å². The second kappa shape index (κ2) is 2.47. The molecule has 0 spiro atoms. The molecule has 1 N–H and O–H groups in total. The van der Waals surface area contributed by atoms with E-state index in [-0.39, 0.29) is 0 Å². The third kappa shape index (κ3) is 1.13. The summed E-state index contributed by atoms with van der Waals surface area (Å²) < 4.78 is 0. The number of carbonyl (C=O) groups excluding carboxylic acids is 1. The number of aryl methyl sites for hydroxylation is 1. The van der Waals surface area contributed by atoms with Crippen LogP contribution in [0, 0.1) is 6.92 Å². The fraction of sp³-hybridized carbons (Fsp3) is 0.143. The Morgan fingerprint density at radius 1 is 1.70 bits per heavy atom. The summed E-state index contributed by atoms with van der Waals surface area (Å²) in [5, 5.41) is 0. The minimum atomic E-state index is -0.675. The third-order valence-electron chi connectivity index (χ3n) is 1.25. The van der Waals surface area contributed by atoms with Gasteiger partial charge in [0.1, 0.15) is 0 Å². The van der Waals surface area contributed by atoms with Crippen LogP contribution in [-0.2, 0) is 0 Å². The first-order chi connectivity index (χ1) is 4.72. The number of hydrogen-bond acceptors (Lipinski definition) is 2. The molecule has 0 bridgehead atoms. The Hall–Kier alpha value is -1.38. The predicted molar refractivity (Wildman–Crippen MR) is 36.4 cm³/mol. The standard InChI is InChI=1S/C7H7N2O/c1-5-6(7(8)10)3-2-4-9-5/h2-4,8H,1H3. The van der Waals surface area contributed by atoms with E-state index in [1.165, 1.54) is 0 Å². The molecule has 1 rings (SSSR count). The molecule has 0 saturated carbocycles. The van der Waals surface area contributed by atoms with E-state index in [0.717, 1.165) is 0 Å². The highest BCUT2D eigenvalue weighted by Crippen LogP contribution is 2.01. The number of hydrogen-bond donors (Lipinski definition) is 0. The number of nitrogens with zero attached hydrogens (tertiary/aromatic N) is 1. The van der Waals surface area contributed by atoms with Crippen LogP contribution in [-0.4, -0.2) is 10.9 Å². The molecular formula is C7H7N2O. The maximum absolute atomic E-state index is 10.5.